The van der Waals surface area contributed by atoms with Crippen LogP contribution in [0.5, 0.6) is 0 Å². The number of thiazole rings is 1. The Kier molecular flexibility index (Phi) is 2.33. The highest BCUT2D eigenvalue weighted by Crippen LogP contribution is 2.21. The normalized spacial score (nSPS) is 10.5. The monoisotopic (exact) mass is 195 g/mol. The van der Waals surface area contributed by atoms with Gasteiger partial charge in [0.1, 0.15) is 10.7 Å². The zero-order chi connectivity index (χ0) is 9.10. The van der Waals surface area contributed by atoms with Crippen molar-refractivity contribution in [1.82, 2.24) is 25.7 Å². The van der Waals surface area contributed by atoms with Gasteiger partial charge in [0, 0.05) is 17.6 Å². The molecule has 0 unspecified atom stereocenters. The van der Waals surface area contributed by atoms with Gasteiger partial charge >= 0.3 is 0 Å². The molecule has 0 bridgehead atoms. The lowest BCUT2D eigenvalue weighted by Gasteiger charge is -1.89. The Hall–Kier alpha value is -1.27. The minimum atomic E-state index is 0.798. The second-order valence-corrected chi connectivity index (χ2v) is 3.63. The van der Waals surface area contributed by atoms with Gasteiger partial charge < -0.3 is 5.32 Å². The molecule has 0 amide bonds. The van der Waals surface area contributed by atoms with E-state index in [1.807, 2.05) is 13.2 Å². The molecule has 13 heavy (non-hydrogen) atoms. The van der Waals surface area contributed by atoms with Gasteiger partial charge in [-0.25, -0.2) is 4.98 Å². The van der Waals surface area contributed by atoms with Crippen molar-refractivity contribution in [3.05, 3.63) is 17.3 Å². The summed E-state index contributed by atoms with van der Waals surface area (Å²) >= 11 is 1.62. The first-order chi connectivity index (χ1) is 6.40. The van der Waals surface area contributed by atoms with Gasteiger partial charge in [-0.2, -0.15) is 15.4 Å². The van der Waals surface area contributed by atoms with Crippen LogP contribution in [-0.2, 0) is 6.54 Å². The zero-order valence-electron chi connectivity index (χ0n) is 7.11. The number of aromatic amines is 1. The van der Waals surface area contributed by atoms with Crippen LogP contribution in [0.3, 0.4) is 0 Å². The topological polar surface area (TPSA) is 66.5 Å². The van der Waals surface area contributed by atoms with Gasteiger partial charge in [-0.1, -0.05) is 0 Å². The van der Waals surface area contributed by atoms with Crippen LogP contribution in [0.25, 0.3) is 10.7 Å². The Bertz CT molecular complexity index is 366. The van der Waals surface area contributed by atoms with E-state index in [1.54, 1.807) is 17.5 Å². The Morgan fingerprint density at radius 1 is 1.54 bits per heavy atom. The van der Waals surface area contributed by atoms with Crippen molar-refractivity contribution in [3.8, 4) is 10.7 Å². The molecule has 0 saturated heterocycles. The molecule has 2 rings (SSSR count). The smallest absolute Gasteiger partial charge is 0.145 e. The van der Waals surface area contributed by atoms with E-state index in [9.17, 15) is 0 Å². The maximum atomic E-state index is 4.23. The van der Waals surface area contributed by atoms with E-state index >= 15 is 0 Å². The van der Waals surface area contributed by atoms with Crippen molar-refractivity contribution in [1.29, 1.82) is 0 Å². The fourth-order valence-corrected chi connectivity index (χ4v) is 1.87. The molecule has 5 nitrogen and oxygen atoms in total. The Balaban J connectivity index is 2.23. The van der Waals surface area contributed by atoms with Crippen LogP contribution in [-0.4, -0.2) is 27.4 Å². The Morgan fingerprint density at radius 3 is 3.15 bits per heavy atom. The van der Waals surface area contributed by atoms with E-state index in [-0.39, 0.29) is 0 Å². The zero-order valence-corrected chi connectivity index (χ0v) is 7.93. The number of hydrogen-bond donors (Lipinski definition) is 2. The van der Waals surface area contributed by atoms with Crippen LogP contribution in [0.2, 0.25) is 0 Å². The molecule has 0 spiro atoms. The summed E-state index contributed by atoms with van der Waals surface area (Å²) in [7, 11) is 1.91. The van der Waals surface area contributed by atoms with E-state index in [4.69, 9.17) is 0 Å². The first kappa shape index (κ1) is 8.33. The summed E-state index contributed by atoms with van der Waals surface area (Å²) in [6.45, 7) is 0.843. The second-order valence-electron chi connectivity index (χ2n) is 2.52. The molecule has 0 fully saturated rings. The average molecular weight is 195 g/mol. The number of aromatic nitrogens is 4. The third kappa shape index (κ3) is 1.73. The van der Waals surface area contributed by atoms with Crippen molar-refractivity contribution in [2.24, 2.45) is 0 Å². The van der Waals surface area contributed by atoms with Gasteiger partial charge in [0.15, 0.2) is 0 Å². The molecule has 0 aliphatic rings. The first-order valence-corrected chi connectivity index (χ1v) is 4.67. The van der Waals surface area contributed by atoms with Crippen LogP contribution in [0.4, 0.5) is 0 Å². The third-order valence-electron chi connectivity index (χ3n) is 1.54. The molecule has 6 heteroatoms. The first-order valence-electron chi connectivity index (χ1n) is 3.85. The maximum absolute atomic E-state index is 4.23. The molecule has 2 aromatic heterocycles. The van der Waals surface area contributed by atoms with E-state index in [2.05, 4.69) is 25.7 Å². The molecule has 2 N–H and O–H groups in total. The molecular formula is C7H9N5S. The van der Waals surface area contributed by atoms with Crippen LogP contribution in [0, 0.1) is 0 Å². The second kappa shape index (κ2) is 3.63. The minimum absolute atomic E-state index is 0.798. The third-order valence-corrected chi connectivity index (χ3v) is 2.56. The number of nitrogens with one attached hydrogen (secondary N) is 2. The summed E-state index contributed by atoms with van der Waals surface area (Å²) < 4.78 is 0. The summed E-state index contributed by atoms with van der Waals surface area (Å²) in [4.78, 5) is 5.43. The number of hydrogen-bond acceptors (Lipinski definition) is 5. The SMILES string of the molecule is CNCc1cnc(-c2cn[nH]n2)s1. The van der Waals surface area contributed by atoms with Crippen LogP contribution in [0.15, 0.2) is 12.4 Å². The molecule has 0 saturated carbocycles. The highest BCUT2D eigenvalue weighted by atomic mass is 32.1. The molecule has 0 atom stereocenters. The Labute approximate surface area is 79.2 Å². The standard InChI is InChI=1S/C7H9N5S/c1-8-2-5-3-9-7(13-5)6-4-10-12-11-6/h3-4,8H,2H2,1H3,(H,10,11,12). The van der Waals surface area contributed by atoms with E-state index in [0.717, 1.165) is 17.2 Å². The molecule has 2 aromatic rings. The molecule has 0 aliphatic heterocycles. The lowest BCUT2D eigenvalue weighted by Crippen LogP contribution is -2.02. The molecular weight excluding hydrogens is 186 g/mol. The molecule has 0 radical (unpaired) electrons. The quantitative estimate of drug-likeness (QED) is 0.754. The van der Waals surface area contributed by atoms with Crippen molar-refractivity contribution < 1.29 is 0 Å². The van der Waals surface area contributed by atoms with E-state index < -0.39 is 0 Å². The van der Waals surface area contributed by atoms with Gasteiger partial charge in [0.2, 0.25) is 0 Å². The molecule has 68 valence electrons. The largest absolute Gasteiger partial charge is 0.315 e. The Morgan fingerprint density at radius 2 is 2.46 bits per heavy atom. The molecule has 0 aliphatic carbocycles. The van der Waals surface area contributed by atoms with Crippen LogP contribution in [0.1, 0.15) is 4.88 Å². The lowest BCUT2D eigenvalue weighted by atomic mass is 10.5. The summed E-state index contributed by atoms with van der Waals surface area (Å²) in [5.74, 6) is 0. The lowest BCUT2D eigenvalue weighted by molar-refractivity contribution is 0.829. The van der Waals surface area contributed by atoms with Crippen molar-refractivity contribution in [2.45, 2.75) is 6.54 Å². The van der Waals surface area contributed by atoms with Crippen molar-refractivity contribution in [3.63, 3.8) is 0 Å². The molecule has 0 aromatic carbocycles. The summed E-state index contributed by atoms with van der Waals surface area (Å²) in [5.41, 5.74) is 0.798. The summed E-state index contributed by atoms with van der Waals surface area (Å²) in [5, 5.41) is 14.2. The van der Waals surface area contributed by atoms with Crippen molar-refractivity contribution in [2.75, 3.05) is 7.05 Å². The highest BCUT2D eigenvalue weighted by Gasteiger charge is 2.05. The fourth-order valence-electron chi connectivity index (χ4n) is 0.987. The number of rotatable bonds is 3. The average Bonchev–Trinajstić information content (AvgIpc) is 2.70. The van der Waals surface area contributed by atoms with Gasteiger partial charge in [-0.15, -0.1) is 11.3 Å². The van der Waals surface area contributed by atoms with E-state index in [0.29, 0.717) is 0 Å². The fraction of sp³-hybridized carbons (Fsp3) is 0.286. The van der Waals surface area contributed by atoms with Gasteiger partial charge in [-0.3, -0.25) is 0 Å². The number of H-pyrrole nitrogens is 1. The van der Waals surface area contributed by atoms with Crippen LogP contribution < -0.4 is 5.32 Å². The molecule has 2 heterocycles. The van der Waals surface area contributed by atoms with Gasteiger partial charge in [0.05, 0.1) is 6.20 Å². The predicted octanol–water partition coefficient (Wildman–Crippen LogP) is 0.648. The van der Waals surface area contributed by atoms with Gasteiger partial charge in [-0.05, 0) is 7.05 Å². The van der Waals surface area contributed by atoms with E-state index in [1.165, 1.54) is 4.88 Å². The van der Waals surface area contributed by atoms with Crippen molar-refractivity contribution >= 4 is 11.3 Å². The predicted molar refractivity (Wildman–Crippen MR) is 50.3 cm³/mol. The summed E-state index contributed by atoms with van der Waals surface area (Å²) in [6.07, 6.45) is 3.52. The minimum Gasteiger partial charge on any atom is -0.315 e. The summed E-state index contributed by atoms with van der Waals surface area (Å²) in [6, 6.07) is 0. The van der Waals surface area contributed by atoms with Gasteiger partial charge in [0.25, 0.3) is 0 Å². The number of nitrogens with zero attached hydrogens (tertiary/aromatic N) is 3. The van der Waals surface area contributed by atoms with Crippen LogP contribution >= 0.6 is 11.3 Å². The highest BCUT2D eigenvalue weighted by molar-refractivity contribution is 7.14. The maximum Gasteiger partial charge on any atom is 0.145 e.